The summed E-state index contributed by atoms with van der Waals surface area (Å²) in [4.78, 5) is 13.7. The topological polar surface area (TPSA) is 50.8 Å². The second-order valence-electron chi connectivity index (χ2n) is 4.16. The van der Waals surface area contributed by atoms with Gasteiger partial charge in [0.15, 0.2) is 0 Å². The smallest absolute Gasteiger partial charge is 0.321 e. The van der Waals surface area contributed by atoms with E-state index in [0.717, 1.165) is 11.3 Å². The number of anilines is 1. The molecule has 1 aliphatic heterocycles. The number of ether oxygens (including phenoxy) is 2. The SMILES string of the molecule is COCc1cccc(NC(=O)N2CCOCC2)c1. The number of carbonyl (C=O) groups is 1. The maximum Gasteiger partial charge on any atom is 0.321 e. The lowest BCUT2D eigenvalue weighted by atomic mass is 10.2. The molecule has 1 heterocycles. The second kappa shape index (κ2) is 6.37. The summed E-state index contributed by atoms with van der Waals surface area (Å²) in [5.41, 5.74) is 1.83. The summed E-state index contributed by atoms with van der Waals surface area (Å²) in [5, 5.41) is 2.89. The second-order valence-corrected chi connectivity index (χ2v) is 4.16. The molecule has 0 saturated carbocycles. The Morgan fingerprint density at radius 2 is 2.22 bits per heavy atom. The third-order valence-corrected chi connectivity index (χ3v) is 2.79. The van der Waals surface area contributed by atoms with Gasteiger partial charge in [-0.3, -0.25) is 0 Å². The van der Waals surface area contributed by atoms with Crippen LogP contribution in [0.5, 0.6) is 0 Å². The molecule has 0 bridgehead atoms. The molecule has 5 nitrogen and oxygen atoms in total. The van der Waals surface area contributed by atoms with Crippen LogP contribution in [0.1, 0.15) is 5.56 Å². The standard InChI is InChI=1S/C13H18N2O3/c1-17-10-11-3-2-4-12(9-11)14-13(16)15-5-7-18-8-6-15/h2-4,9H,5-8,10H2,1H3,(H,14,16). The van der Waals surface area contributed by atoms with E-state index in [2.05, 4.69) is 5.32 Å². The van der Waals surface area contributed by atoms with Gasteiger partial charge in [0.25, 0.3) is 0 Å². The fraction of sp³-hybridized carbons (Fsp3) is 0.462. The molecule has 98 valence electrons. The van der Waals surface area contributed by atoms with Gasteiger partial charge in [0, 0.05) is 25.9 Å². The fourth-order valence-corrected chi connectivity index (χ4v) is 1.87. The average molecular weight is 250 g/mol. The molecular weight excluding hydrogens is 232 g/mol. The van der Waals surface area contributed by atoms with Crippen LogP contribution in [0.2, 0.25) is 0 Å². The van der Waals surface area contributed by atoms with Crippen molar-refractivity contribution in [3.8, 4) is 0 Å². The molecule has 1 N–H and O–H groups in total. The quantitative estimate of drug-likeness (QED) is 0.888. The Kier molecular flexibility index (Phi) is 4.55. The summed E-state index contributed by atoms with van der Waals surface area (Å²) in [5.74, 6) is 0. The number of nitrogens with one attached hydrogen (secondary N) is 1. The Hall–Kier alpha value is -1.59. The number of amides is 2. The van der Waals surface area contributed by atoms with E-state index < -0.39 is 0 Å². The molecule has 0 aromatic heterocycles. The molecule has 0 spiro atoms. The number of morpholine rings is 1. The minimum absolute atomic E-state index is 0.0760. The molecule has 2 amide bonds. The molecule has 0 aliphatic carbocycles. The average Bonchev–Trinajstić information content (AvgIpc) is 2.40. The zero-order valence-electron chi connectivity index (χ0n) is 10.5. The third kappa shape index (κ3) is 3.45. The van der Waals surface area contributed by atoms with Gasteiger partial charge in [0.2, 0.25) is 0 Å². The number of urea groups is 1. The Balaban J connectivity index is 1.95. The van der Waals surface area contributed by atoms with Gasteiger partial charge in [-0.15, -0.1) is 0 Å². The lowest BCUT2D eigenvalue weighted by Crippen LogP contribution is -2.43. The maximum atomic E-state index is 12.0. The number of nitrogens with zero attached hydrogens (tertiary/aromatic N) is 1. The Bertz CT molecular complexity index is 403. The van der Waals surface area contributed by atoms with Gasteiger partial charge in [-0.25, -0.2) is 4.79 Å². The highest BCUT2D eigenvalue weighted by Crippen LogP contribution is 2.12. The highest BCUT2D eigenvalue weighted by molar-refractivity contribution is 5.89. The van der Waals surface area contributed by atoms with Crippen LogP contribution in [-0.2, 0) is 16.1 Å². The van der Waals surface area contributed by atoms with Crippen molar-refractivity contribution in [2.75, 3.05) is 38.7 Å². The van der Waals surface area contributed by atoms with Crippen LogP contribution in [0, 0.1) is 0 Å². The van der Waals surface area contributed by atoms with Crippen molar-refractivity contribution >= 4 is 11.7 Å². The van der Waals surface area contributed by atoms with Crippen LogP contribution in [0.4, 0.5) is 10.5 Å². The number of rotatable bonds is 3. The summed E-state index contributed by atoms with van der Waals surface area (Å²) in [6.07, 6.45) is 0. The number of carbonyl (C=O) groups excluding carboxylic acids is 1. The zero-order chi connectivity index (χ0) is 12.8. The van der Waals surface area contributed by atoms with E-state index in [1.54, 1.807) is 12.0 Å². The van der Waals surface area contributed by atoms with Crippen molar-refractivity contribution in [1.29, 1.82) is 0 Å². The Morgan fingerprint density at radius 3 is 2.94 bits per heavy atom. The van der Waals surface area contributed by atoms with E-state index in [4.69, 9.17) is 9.47 Å². The van der Waals surface area contributed by atoms with Crippen molar-refractivity contribution in [2.24, 2.45) is 0 Å². The van der Waals surface area contributed by atoms with Gasteiger partial charge in [-0.1, -0.05) is 12.1 Å². The van der Waals surface area contributed by atoms with Crippen LogP contribution in [0.15, 0.2) is 24.3 Å². The molecule has 2 rings (SSSR count). The Labute approximate surface area is 107 Å². The normalized spacial score (nSPS) is 15.5. The predicted molar refractivity (Wildman–Crippen MR) is 68.6 cm³/mol. The monoisotopic (exact) mass is 250 g/mol. The number of methoxy groups -OCH3 is 1. The summed E-state index contributed by atoms with van der Waals surface area (Å²) < 4.78 is 10.3. The van der Waals surface area contributed by atoms with Crippen LogP contribution in [-0.4, -0.2) is 44.3 Å². The fourth-order valence-electron chi connectivity index (χ4n) is 1.87. The van der Waals surface area contributed by atoms with E-state index in [0.29, 0.717) is 32.9 Å². The maximum absolute atomic E-state index is 12.0. The third-order valence-electron chi connectivity index (χ3n) is 2.79. The summed E-state index contributed by atoms with van der Waals surface area (Å²) in [7, 11) is 1.65. The molecule has 0 atom stereocenters. The first-order valence-electron chi connectivity index (χ1n) is 6.01. The molecule has 1 aromatic carbocycles. The van der Waals surface area contributed by atoms with Gasteiger partial charge in [-0.05, 0) is 17.7 Å². The molecule has 1 aromatic rings. The lowest BCUT2D eigenvalue weighted by molar-refractivity contribution is 0.0564. The largest absolute Gasteiger partial charge is 0.380 e. The molecule has 1 aliphatic rings. The molecule has 18 heavy (non-hydrogen) atoms. The van der Waals surface area contributed by atoms with Gasteiger partial charge in [0.05, 0.1) is 19.8 Å². The van der Waals surface area contributed by atoms with Crippen molar-refractivity contribution in [2.45, 2.75) is 6.61 Å². The number of benzene rings is 1. The first-order valence-corrected chi connectivity index (χ1v) is 6.01. The van der Waals surface area contributed by atoms with E-state index >= 15 is 0 Å². The number of hydrogen-bond acceptors (Lipinski definition) is 3. The number of hydrogen-bond donors (Lipinski definition) is 1. The van der Waals surface area contributed by atoms with Crippen LogP contribution < -0.4 is 5.32 Å². The zero-order valence-corrected chi connectivity index (χ0v) is 10.5. The molecule has 0 radical (unpaired) electrons. The molecule has 1 saturated heterocycles. The van der Waals surface area contributed by atoms with E-state index in [9.17, 15) is 4.79 Å². The Morgan fingerprint density at radius 1 is 1.44 bits per heavy atom. The highest BCUT2D eigenvalue weighted by Gasteiger charge is 2.16. The van der Waals surface area contributed by atoms with Crippen molar-refractivity contribution in [3.63, 3.8) is 0 Å². The van der Waals surface area contributed by atoms with Crippen LogP contribution in [0.3, 0.4) is 0 Å². The van der Waals surface area contributed by atoms with E-state index in [1.807, 2.05) is 24.3 Å². The molecule has 1 fully saturated rings. The molecule has 0 unspecified atom stereocenters. The summed E-state index contributed by atoms with van der Waals surface area (Å²) in [6, 6.07) is 7.59. The van der Waals surface area contributed by atoms with Gasteiger partial charge in [0.1, 0.15) is 0 Å². The lowest BCUT2D eigenvalue weighted by Gasteiger charge is -2.27. The predicted octanol–water partition coefficient (Wildman–Crippen LogP) is 1.70. The van der Waals surface area contributed by atoms with Crippen molar-refractivity contribution in [1.82, 2.24) is 4.90 Å². The van der Waals surface area contributed by atoms with Gasteiger partial charge >= 0.3 is 6.03 Å². The first kappa shape index (κ1) is 12.9. The van der Waals surface area contributed by atoms with E-state index in [1.165, 1.54) is 0 Å². The van der Waals surface area contributed by atoms with Gasteiger partial charge in [-0.2, -0.15) is 0 Å². The van der Waals surface area contributed by atoms with Gasteiger partial charge < -0.3 is 19.7 Å². The van der Waals surface area contributed by atoms with Crippen LogP contribution >= 0.6 is 0 Å². The van der Waals surface area contributed by atoms with Crippen molar-refractivity contribution in [3.05, 3.63) is 29.8 Å². The summed E-state index contributed by atoms with van der Waals surface area (Å²) >= 11 is 0. The van der Waals surface area contributed by atoms with Crippen LogP contribution in [0.25, 0.3) is 0 Å². The molecule has 5 heteroatoms. The minimum Gasteiger partial charge on any atom is -0.380 e. The summed E-state index contributed by atoms with van der Waals surface area (Å²) in [6.45, 7) is 3.04. The first-order chi connectivity index (χ1) is 8.79. The van der Waals surface area contributed by atoms with E-state index in [-0.39, 0.29) is 6.03 Å². The minimum atomic E-state index is -0.0760. The molecular formula is C13H18N2O3. The highest BCUT2D eigenvalue weighted by atomic mass is 16.5. The van der Waals surface area contributed by atoms with Crippen molar-refractivity contribution < 1.29 is 14.3 Å².